The number of rotatable bonds is 11. The fourth-order valence-corrected chi connectivity index (χ4v) is 1.27. The topological polar surface area (TPSA) is 78.9 Å². The average Bonchev–Trinajstić information content (AvgIpc) is 2.46. The Morgan fingerprint density at radius 3 is 2.24 bits per heavy atom. The van der Waals surface area contributed by atoms with Crippen LogP contribution >= 0.6 is 0 Å². The maximum atomic E-state index is 11.3. The first-order valence-electron chi connectivity index (χ1n) is 6.74. The van der Waals surface area contributed by atoms with Gasteiger partial charge in [-0.05, 0) is 26.2 Å². The van der Waals surface area contributed by atoms with Crippen LogP contribution in [0.15, 0.2) is 24.8 Å². The molecule has 0 heterocycles. The van der Waals surface area contributed by atoms with Crippen molar-refractivity contribution in [2.24, 2.45) is 0 Å². The fourth-order valence-electron chi connectivity index (χ4n) is 1.27. The zero-order valence-electron chi connectivity index (χ0n) is 12.4. The van der Waals surface area contributed by atoms with E-state index in [9.17, 15) is 14.4 Å². The van der Waals surface area contributed by atoms with Gasteiger partial charge in [-0.1, -0.05) is 13.2 Å². The van der Waals surface area contributed by atoms with E-state index in [1.165, 1.54) is 0 Å². The third-order valence-corrected chi connectivity index (χ3v) is 2.36. The van der Waals surface area contributed by atoms with E-state index in [1.54, 1.807) is 6.92 Å². The molecule has 6 heteroatoms. The normalized spacial score (nSPS) is 9.57. The largest absolute Gasteiger partial charge is 0.462 e. The molecule has 6 nitrogen and oxygen atoms in total. The highest BCUT2D eigenvalue weighted by Crippen LogP contribution is 2.03. The summed E-state index contributed by atoms with van der Waals surface area (Å²) in [7, 11) is 0. The molecule has 0 radical (unpaired) electrons. The first-order chi connectivity index (χ1) is 9.97. The van der Waals surface area contributed by atoms with Crippen LogP contribution in [0.5, 0.6) is 0 Å². The molecule has 0 amide bonds. The Balaban J connectivity index is 3.42. The number of hydrogen-bond acceptors (Lipinski definition) is 6. The summed E-state index contributed by atoms with van der Waals surface area (Å²) in [6, 6.07) is 0. The molecule has 0 aromatic carbocycles. The number of unbranched alkanes of at least 4 members (excludes halogenated alkanes) is 2. The molecule has 0 aliphatic heterocycles. The van der Waals surface area contributed by atoms with Crippen molar-refractivity contribution in [2.75, 3.05) is 19.8 Å². The number of hydrogen-bond donors (Lipinski definition) is 0. The minimum Gasteiger partial charge on any atom is -0.462 e. The van der Waals surface area contributed by atoms with Gasteiger partial charge in [0.05, 0.1) is 6.61 Å². The Morgan fingerprint density at radius 1 is 0.952 bits per heavy atom. The van der Waals surface area contributed by atoms with Gasteiger partial charge in [-0.25, -0.2) is 9.59 Å². The van der Waals surface area contributed by atoms with Gasteiger partial charge >= 0.3 is 17.9 Å². The summed E-state index contributed by atoms with van der Waals surface area (Å²) >= 11 is 0. The number of carbonyl (C=O) groups excluding carboxylic acids is 3. The van der Waals surface area contributed by atoms with Crippen LogP contribution in [0.4, 0.5) is 0 Å². The van der Waals surface area contributed by atoms with Crippen molar-refractivity contribution >= 4 is 17.9 Å². The molecule has 0 aliphatic rings. The molecule has 0 rings (SSSR count). The zero-order chi connectivity index (χ0) is 16.1. The third-order valence-electron chi connectivity index (χ3n) is 2.36. The summed E-state index contributed by atoms with van der Waals surface area (Å²) in [5, 5.41) is 0. The summed E-state index contributed by atoms with van der Waals surface area (Å²) in [5.74, 6) is -1.29. The monoisotopic (exact) mass is 298 g/mol. The average molecular weight is 298 g/mol. The van der Waals surface area contributed by atoms with Gasteiger partial charge in [0.15, 0.2) is 0 Å². The molecule has 0 aromatic heterocycles. The summed E-state index contributed by atoms with van der Waals surface area (Å²) in [5.41, 5.74) is 0.371. The van der Waals surface area contributed by atoms with Gasteiger partial charge in [-0.3, -0.25) is 4.79 Å². The molecule has 0 spiro atoms. The lowest BCUT2D eigenvalue weighted by Gasteiger charge is -2.06. The highest BCUT2D eigenvalue weighted by atomic mass is 16.6. The zero-order valence-corrected chi connectivity index (χ0v) is 12.4. The van der Waals surface area contributed by atoms with Crippen LogP contribution in [-0.4, -0.2) is 37.7 Å². The lowest BCUT2D eigenvalue weighted by Crippen LogP contribution is -2.12. The van der Waals surface area contributed by atoms with Crippen molar-refractivity contribution in [3.63, 3.8) is 0 Å². The van der Waals surface area contributed by atoms with Gasteiger partial charge in [0.1, 0.15) is 13.2 Å². The molecule has 0 saturated heterocycles. The Kier molecular flexibility index (Phi) is 10.5. The van der Waals surface area contributed by atoms with Crippen molar-refractivity contribution in [2.45, 2.75) is 32.6 Å². The summed E-state index contributed by atoms with van der Waals surface area (Å²) < 4.78 is 14.4. The van der Waals surface area contributed by atoms with Crippen molar-refractivity contribution in [3.05, 3.63) is 24.8 Å². The molecule has 0 aromatic rings. The molecule has 0 aliphatic carbocycles. The highest BCUT2D eigenvalue weighted by Gasteiger charge is 2.05. The van der Waals surface area contributed by atoms with E-state index in [1.807, 2.05) is 0 Å². The predicted octanol–water partition coefficient (Wildman–Crippen LogP) is 1.94. The van der Waals surface area contributed by atoms with Crippen molar-refractivity contribution < 1.29 is 28.6 Å². The van der Waals surface area contributed by atoms with Crippen molar-refractivity contribution in [1.29, 1.82) is 0 Å². The van der Waals surface area contributed by atoms with Crippen LogP contribution in [-0.2, 0) is 28.6 Å². The maximum absolute atomic E-state index is 11.3. The van der Waals surface area contributed by atoms with Crippen LogP contribution in [0, 0.1) is 0 Å². The Hall–Kier alpha value is -2.11. The molecule has 0 fully saturated rings. The number of esters is 3. The number of ether oxygens (including phenoxy) is 3. The third kappa shape index (κ3) is 11.4. The molecule has 118 valence electrons. The van der Waals surface area contributed by atoms with Gasteiger partial charge in [0.2, 0.25) is 0 Å². The van der Waals surface area contributed by atoms with Gasteiger partial charge in [-0.2, -0.15) is 0 Å². The Morgan fingerprint density at radius 2 is 1.62 bits per heavy atom. The predicted molar refractivity (Wildman–Crippen MR) is 76.4 cm³/mol. The molecular weight excluding hydrogens is 276 g/mol. The molecule has 0 saturated carbocycles. The Bertz CT molecular complexity index is 386. The quantitative estimate of drug-likeness (QED) is 0.251. The minimum atomic E-state index is -0.546. The van der Waals surface area contributed by atoms with Crippen LogP contribution in [0.25, 0.3) is 0 Å². The van der Waals surface area contributed by atoms with Crippen LogP contribution in [0.2, 0.25) is 0 Å². The van der Waals surface area contributed by atoms with Crippen LogP contribution in [0.3, 0.4) is 0 Å². The van der Waals surface area contributed by atoms with E-state index in [0.717, 1.165) is 12.5 Å². The van der Waals surface area contributed by atoms with Crippen LogP contribution in [0.1, 0.15) is 32.6 Å². The van der Waals surface area contributed by atoms with Gasteiger partial charge in [0.25, 0.3) is 0 Å². The second-order valence-corrected chi connectivity index (χ2v) is 4.32. The fraction of sp³-hybridized carbons (Fsp3) is 0.533. The highest BCUT2D eigenvalue weighted by molar-refractivity contribution is 5.86. The van der Waals surface area contributed by atoms with Gasteiger partial charge in [0, 0.05) is 18.1 Å². The summed E-state index contributed by atoms with van der Waals surface area (Å²) in [4.78, 5) is 33.1. The van der Waals surface area contributed by atoms with Gasteiger partial charge in [-0.15, -0.1) is 0 Å². The molecule has 0 N–H and O–H groups in total. The smallest absolute Gasteiger partial charge is 0.333 e. The summed E-state index contributed by atoms with van der Waals surface area (Å²) in [6.07, 6.45) is 3.41. The lowest BCUT2D eigenvalue weighted by molar-refractivity contribution is -0.149. The maximum Gasteiger partial charge on any atom is 0.333 e. The van der Waals surface area contributed by atoms with E-state index >= 15 is 0 Å². The lowest BCUT2D eigenvalue weighted by atomic mass is 10.2. The van der Waals surface area contributed by atoms with E-state index < -0.39 is 11.9 Å². The minimum absolute atomic E-state index is 0.0213. The summed E-state index contributed by atoms with van der Waals surface area (Å²) in [6.45, 7) is 8.68. The van der Waals surface area contributed by atoms with Crippen LogP contribution < -0.4 is 0 Å². The van der Waals surface area contributed by atoms with Crippen molar-refractivity contribution in [3.8, 4) is 0 Å². The van der Waals surface area contributed by atoms with E-state index in [4.69, 9.17) is 9.47 Å². The first kappa shape index (κ1) is 18.9. The molecule has 21 heavy (non-hydrogen) atoms. The van der Waals surface area contributed by atoms with E-state index in [2.05, 4.69) is 17.9 Å². The molecule has 0 atom stereocenters. The van der Waals surface area contributed by atoms with E-state index in [-0.39, 0.29) is 25.6 Å². The molecule has 0 bridgehead atoms. The number of carbonyl (C=O) groups is 3. The molecule has 0 unspecified atom stereocenters. The van der Waals surface area contributed by atoms with Crippen molar-refractivity contribution in [1.82, 2.24) is 0 Å². The van der Waals surface area contributed by atoms with E-state index in [0.29, 0.717) is 25.0 Å². The standard InChI is InChI=1S/C15H22O6/c1-4-13(16)19-10-11-20-14(17)8-6-5-7-9-21-15(18)12(2)3/h4H,1-2,5-11H2,3H3. The SMILES string of the molecule is C=CC(=O)OCCOC(=O)CCCCCOC(=O)C(=C)C. The second-order valence-electron chi connectivity index (χ2n) is 4.32. The Labute approximate surface area is 124 Å². The first-order valence-corrected chi connectivity index (χ1v) is 6.74. The second kappa shape index (κ2) is 11.7. The van der Waals surface area contributed by atoms with Gasteiger partial charge < -0.3 is 14.2 Å². The molecular formula is C15H22O6.